The molecule has 0 radical (unpaired) electrons. The number of carbonyl (C=O) groups is 1. The van der Waals surface area contributed by atoms with Gasteiger partial charge in [-0.25, -0.2) is 4.98 Å². The summed E-state index contributed by atoms with van der Waals surface area (Å²) in [6, 6.07) is 5.64. The van der Waals surface area contributed by atoms with Crippen molar-refractivity contribution >= 4 is 22.7 Å². The average Bonchev–Trinajstić information content (AvgIpc) is 2.77. The van der Waals surface area contributed by atoms with Crippen molar-refractivity contribution in [2.75, 3.05) is 12.3 Å². The van der Waals surface area contributed by atoms with E-state index in [1.807, 2.05) is 29.7 Å². The number of anilines is 1. The first-order valence-electron chi connectivity index (χ1n) is 7.06. The van der Waals surface area contributed by atoms with Gasteiger partial charge >= 0.3 is 5.97 Å². The molecular formula is C15H21N3O2. The second kappa shape index (κ2) is 6.41. The number of esters is 1. The molecule has 5 nitrogen and oxygen atoms in total. The van der Waals surface area contributed by atoms with E-state index in [-0.39, 0.29) is 12.5 Å². The Hall–Kier alpha value is -2.04. The van der Waals surface area contributed by atoms with Gasteiger partial charge in [-0.05, 0) is 25.0 Å². The van der Waals surface area contributed by atoms with Gasteiger partial charge in [0.05, 0.1) is 17.8 Å². The summed E-state index contributed by atoms with van der Waals surface area (Å²) in [5.41, 5.74) is 8.25. The van der Waals surface area contributed by atoms with Gasteiger partial charge in [-0.2, -0.15) is 0 Å². The van der Waals surface area contributed by atoms with Crippen molar-refractivity contribution in [3.63, 3.8) is 0 Å². The first-order chi connectivity index (χ1) is 9.67. The third-order valence-corrected chi connectivity index (χ3v) is 3.12. The molecule has 0 bridgehead atoms. The van der Waals surface area contributed by atoms with Crippen molar-refractivity contribution in [1.82, 2.24) is 9.55 Å². The zero-order valence-electron chi connectivity index (χ0n) is 12.1. The summed E-state index contributed by atoms with van der Waals surface area (Å²) in [6.45, 7) is 4.71. The molecule has 1 aromatic heterocycles. The number of hydrogen-bond donors (Lipinski definition) is 1. The number of nitrogens with zero attached hydrogens (tertiary/aromatic N) is 2. The van der Waals surface area contributed by atoms with Crippen molar-refractivity contribution < 1.29 is 9.53 Å². The Morgan fingerprint density at radius 1 is 1.35 bits per heavy atom. The first-order valence-corrected chi connectivity index (χ1v) is 7.06. The average molecular weight is 275 g/mol. The lowest BCUT2D eigenvalue weighted by Crippen LogP contribution is -2.16. The fourth-order valence-corrected chi connectivity index (χ4v) is 2.20. The standard InChI is InChI=1S/C15H21N3O2/c1-3-6-13-17-15-11(16)7-5-8-12(15)18(13)10-14(19)20-9-4-2/h5,7-8H,3-4,6,9-10,16H2,1-2H3. The highest BCUT2D eigenvalue weighted by atomic mass is 16.5. The highest BCUT2D eigenvalue weighted by Gasteiger charge is 2.15. The summed E-state index contributed by atoms with van der Waals surface area (Å²) < 4.78 is 7.07. The summed E-state index contributed by atoms with van der Waals surface area (Å²) in [7, 11) is 0. The van der Waals surface area contributed by atoms with Gasteiger partial charge in [0.25, 0.3) is 0 Å². The second-order valence-electron chi connectivity index (χ2n) is 4.80. The van der Waals surface area contributed by atoms with E-state index in [4.69, 9.17) is 10.5 Å². The molecule has 108 valence electrons. The number of para-hydroxylation sites is 1. The SMILES string of the molecule is CCCOC(=O)Cn1c(CCC)nc2c(N)cccc21. The summed E-state index contributed by atoms with van der Waals surface area (Å²) in [4.78, 5) is 16.4. The molecule has 2 aromatic rings. The zero-order valence-corrected chi connectivity index (χ0v) is 12.1. The number of benzene rings is 1. The van der Waals surface area contributed by atoms with Crippen LogP contribution >= 0.6 is 0 Å². The first kappa shape index (κ1) is 14.4. The third kappa shape index (κ3) is 2.92. The van der Waals surface area contributed by atoms with E-state index >= 15 is 0 Å². The second-order valence-corrected chi connectivity index (χ2v) is 4.80. The maximum Gasteiger partial charge on any atom is 0.326 e. The highest BCUT2D eigenvalue weighted by molar-refractivity contribution is 5.88. The molecular weight excluding hydrogens is 254 g/mol. The number of aromatic nitrogens is 2. The van der Waals surface area contributed by atoms with Crippen molar-refractivity contribution in [3.8, 4) is 0 Å². The Balaban J connectivity index is 2.36. The molecule has 0 unspecified atom stereocenters. The molecule has 0 aliphatic rings. The van der Waals surface area contributed by atoms with Crippen LogP contribution in [0.4, 0.5) is 5.69 Å². The third-order valence-electron chi connectivity index (χ3n) is 3.12. The quantitative estimate of drug-likeness (QED) is 0.649. The van der Waals surface area contributed by atoms with Crippen LogP contribution in [0.25, 0.3) is 11.0 Å². The fraction of sp³-hybridized carbons (Fsp3) is 0.467. The number of ether oxygens (including phenoxy) is 1. The molecule has 0 aliphatic heterocycles. The number of aryl methyl sites for hydroxylation is 1. The minimum atomic E-state index is -0.231. The van der Waals surface area contributed by atoms with E-state index in [2.05, 4.69) is 11.9 Å². The molecule has 2 rings (SSSR count). The smallest absolute Gasteiger partial charge is 0.326 e. The van der Waals surface area contributed by atoms with Gasteiger partial charge in [0.15, 0.2) is 0 Å². The summed E-state index contributed by atoms with van der Waals surface area (Å²) >= 11 is 0. The minimum Gasteiger partial charge on any atom is -0.464 e. The fourth-order valence-electron chi connectivity index (χ4n) is 2.20. The van der Waals surface area contributed by atoms with Gasteiger partial charge in [0.1, 0.15) is 17.9 Å². The maximum atomic E-state index is 11.9. The van der Waals surface area contributed by atoms with Gasteiger partial charge in [-0.15, -0.1) is 0 Å². The van der Waals surface area contributed by atoms with E-state index < -0.39 is 0 Å². The van der Waals surface area contributed by atoms with E-state index in [0.29, 0.717) is 12.3 Å². The largest absolute Gasteiger partial charge is 0.464 e. The lowest BCUT2D eigenvalue weighted by atomic mass is 10.3. The van der Waals surface area contributed by atoms with Crippen molar-refractivity contribution in [2.24, 2.45) is 0 Å². The molecule has 0 aliphatic carbocycles. The van der Waals surface area contributed by atoms with Crippen LogP contribution in [0.2, 0.25) is 0 Å². The van der Waals surface area contributed by atoms with Crippen LogP contribution in [0.5, 0.6) is 0 Å². The predicted molar refractivity (Wildman–Crippen MR) is 79.4 cm³/mol. The number of fused-ring (bicyclic) bond motifs is 1. The van der Waals surface area contributed by atoms with Crippen LogP contribution in [-0.2, 0) is 22.5 Å². The molecule has 1 heterocycles. The summed E-state index contributed by atoms with van der Waals surface area (Å²) in [6.07, 6.45) is 2.60. The number of hydrogen-bond acceptors (Lipinski definition) is 4. The van der Waals surface area contributed by atoms with Crippen LogP contribution < -0.4 is 5.73 Å². The molecule has 0 saturated carbocycles. The Bertz CT molecular complexity index is 604. The van der Waals surface area contributed by atoms with E-state index in [1.54, 1.807) is 0 Å². The van der Waals surface area contributed by atoms with Crippen LogP contribution in [0.15, 0.2) is 18.2 Å². The van der Waals surface area contributed by atoms with Crippen LogP contribution in [-0.4, -0.2) is 22.1 Å². The Labute approximate surface area is 118 Å². The number of imidazole rings is 1. The lowest BCUT2D eigenvalue weighted by molar-refractivity contribution is -0.144. The molecule has 0 atom stereocenters. The van der Waals surface area contributed by atoms with Crippen molar-refractivity contribution in [3.05, 3.63) is 24.0 Å². The van der Waals surface area contributed by atoms with Gasteiger partial charge in [-0.1, -0.05) is 19.9 Å². The van der Waals surface area contributed by atoms with Crippen molar-refractivity contribution in [2.45, 2.75) is 39.7 Å². The molecule has 0 amide bonds. The van der Waals surface area contributed by atoms with E-state index in [9.17, 15) is 4.79 Å². The minimum absolute atomic E-state index is 0.190. The summed E-state index contributed by atoms with van der Waals surface area (Å²) in [5, 5.41) is 0. The molecule has 0 saturated heterocycles. The van der Waals surface area contributed by atoms with Gasteiger partial charge in [-0.3, -0.25) is 4.79 Å². The molecule has 5 heteroatoms. The van der Waals surface area contributed by atoms with Crippen LogP contribution in [0, 0.1) is 0 Å². The number of nitrogens with two attached hydrogens (primary N) is 1. The molecule has 2 N–H and O–H groups in total. The molecule has 0 spiro atoms. The van der Waals surface area contributed by atoms with E-state index in [0.717, 1.165) is 36.1 Å². The molecule has 1 aromatic carbocycles. The van der Waals surface area contributed by atoms with Crippen LogP contribution in [0.3, 0.4) is 0 Å². The van der Waals surface area contributed by atoms with Gasteiger partial charge < -0.3 is 15.0 Å². The lowest BCUT2D eigenvalue weighted by Gasteiger charge is -2.08. The normalized spacial score (nSPS) is 10.9. The Kier molecular flexibility index (Phi) is 4.61. The van der Waals surface area contributed by atoms with Gasteiger partial charge in [0.2, 0.25) is 0 Å². The highest BCUT2D eigenvalue weighted by Crippen LogP contribution is 2.22. The maximum absolute atomic E-state index is 11.9. The summed E-state index contributed by atoms with van der Waals surface area (Å²) in [5.74, 6) is 0.653. The number of nitrogen functional groups attached to an aromatic ring is 1. The zero-order chi connectivity index (χ0) is 14.5. The van der Waals surface area contributed by atoms with E-state index in [1.165, 1.54) is 0 Å². The Morgan fingerprint density at radius 3 is 2.85 bits per heavy atom. The predicted octanol–water partition coefficient (Wildman–Crippen LogP) is 2.52. The number of rotatable bonds is 6. The Morgan fingerprint density at radius 2 is 2.15 bits per heavy atom. The monoisotopic (exact) mass is 275 g/mol. The van der Waals surface area contributed by atoms with Crippen LogP contribution in [0.1, 0.15) is 32.5 Å². The molecule has 20 heavy (non-hydrogen) atoms. The number of carbonyl (C=O) groups excluding carboxylic acids is 1. The van der Waals surface area contributed by atoms with Gasteiger partial charge in [0, 0.05) is 6.42 Å². The molecule has 0 fully saturated rings. The topological polar surface area (TPSA) is 70.1 Å². The van der Waals surface area contributed by atoms with Crippen molar-refractivity contribution in [1.29, 1.82) is 0 Å².